The van der Waals surface area contributed by atoms with Gasteiger partial charge in [0.2, 0.25) is 0 Å². The van der Waals surface area contributed by atoms with E-state index in [1.165, 1.54) is 6.07 Å². The van der Waals surface area contributed by atoms with Crippen LogP contribution in [0.3, 0.4) is 0 Å². The van der Waals surface area contributed by atoms with Crippen LogP contribution in [0.15, 0.2) is 36.4 Å². The summed E-state index contributed by atoms with van der Waals surface area (Å²) in [6.45, 7) is -3.80. The molecule has 9 nitrogen and oxygen atoms in total. The highest BCUT2D eigenvalue weighted by Gasteiger charge is 2.18. The maximum absolute atomic E-state index is 12.0. The molecule has 0 spiro atoms. The number of thiophene rings is 1. The highest BCUT2D eigenvalue weighted by molar-refractivity contribution is 7.17. The highest BCUT2D eigenvalue weighted by atomic mass is 32.1. The lowest BCUT2D eigenvalue weighted by molar-refractivity contribution is -0.380. The number of rotatable bonds is 7. The first-order valence-electron chi connectivity index (χ1n) is 7.06. The van der Waals surface area contributed by atoms with E-state index in [2.05, 4.69) is 9.47 Å². The molecule has 2 amide bonds. The van der Waals surface area contributed by atoms with Crippen molar-refractivity contribution in [3.05, 3.63) is 57.0 Å². The number of amides is 2. The van der Waals surface area contributed by atoms with E-state index in [0.717, 1.165) is 30.3 Å². The second-order valence-corrected chi connectivity index (χ2v) is 5.81. The molecule has 1 aromatic carbocycles. The molecule has 2 aromatic rings. The van der Waals surface area contributed by atoms with Gasteiger partial charge < -0.3 is 9.47 Å². The van der Waals surface area contributed by atoms with Crippen LogP contribution < -0.4 is 10.1 Å². The number of alkyl halides is 2. The van der Waals surface area contributed by atoms with Gasteiger partial charge in [-0.3, -0.25) is 25.0 Å². The largest absolute Gasteiger partial charge is 0.451 e. The Bertz CT molecular complexity index is 867. The minimum Gasteiger partial charge on any atom is -0.451 e. The summed E-state index contributed by atoms with van der Waals surface area (Å²) in [6, 6.07) is 6.86. The summed E-state index contributed by atoms with van der Waals surface area (Å²) < 4.78 is 32.9. The number of esters is 1. The summed E-state index contributed by atoms with van der Waals surface area (Å²) in [5.74, 6) is -2.89. The van der Waals surface area contributed by atoms with Crippen molar-refractivity contribution in [3.8, 4) is 5.75 Å². The van der Waals surface area contributed by atoms with Crippen LogP contribution in [0.1, 0.15) is 20.0 Å². The number of halogens is 2. The van der Waals surface area contributed by atoms with Gasteiger partial charge in [0.1, 0.15) is 10.6 Å². The first kappa shape index (κ1) is 19.9. The fraction of sp³-hybridized carbons (Fsp3) is 0.133. The summed E-state index contributed by atoms with van der Waals surface area (Å²) in [6.07, 6.45) is 0. The van der Waals surface area contributed by atoms with E-state index >= 15 is 0 Å². The fourth-order valence-corrected chi connectivity index (χ4v) is 2.47. The van der Waals surface area contributed by atoms with Gasteiger partial charge in [-0.15, -0.1) is 0 Å². The van der Waals surface area contributed by atoms with Crippen LogP contribution in [0.25, 0.3) is 0 Å². The molecule has 0 aliphatic heterocycles. The van der Waals surface area contributed by atoms with Gasteiger partial charge in [-0.2, -0.15) is 8.78 Å². The van der Waals surface area contributed by atoms with Crippen LogP contribution >= 0.6 is 11.3 Å². The van der Waals surface area contributed by atoms with Gasteiger partial charge in [0.25, 0.3) is 11.8 Å². The SMILES string of the molecule is O=C(COC(=O)c1ccc([N+](=O)[O-])s1)NC(=O)c1ccc(OC(F)F)cc1. The average Bonchev–Trinajstić information content (AvgIpc) is 3.10. The minimum absolute atomic E-state index is 0.00910. The standard InChI is InChI=1S/C15H10F2N2O7S/c16-15(17)26-9-3-1-8(2-4-9)13(21)18-11(20)7-25-14(22)10-5-6-12(27-10)19(23)24/h1-6,15H,7H2,(H,18,20,21). The second kappa shape index (κ2) is 8.80. The van der Waals surface area contributed by atoms with Crippen LogP contribution in [-0.2, 0) is 9.53 Å². The van der Waals surface area contributed by atoms with Gasteiger partial charge in [0.15, 0.2) is 6.61 Å². The Balaban J connectivity index is 1.84. The average molecular weight is 400 g/mol. The molecule has 1 heterocycles. The second-order valence-electron chi connectivity index (χ2n) is 4.75. The smallest absolute Gasteiger partial charge is 0.387 e. The van der Waals surface area contributed by atoms with Gasteiger partial charge in [-0.1, -0.05) is 11.3 Å². The molecule has 0 saturated heterocycles. The Morgan fingerprint density at radius 1 is 1.15 bits per heavy atom. The lowest BCUT2D eigenvalue weighted by Crippen LogP contribution is -2.34. The van der Waals surface area contributed by atoms with Crippen molar-refractivity contribution in [1.29, 1.82) is 0 Å². The topological polar surface area (TPSA) is 125 Å². The first-order chi connectivity index (χ1) is 12.8. The third-order valence-corrected chi connectivity index (χ3v) is 3.92. The molecule has 12 heteroatoms. The number of ether oxygens (including phenoxy) is 2. The molecule has 0 atom stereocenters. The number of imide groups is 1. The molecular formula is C15H10F2N2O7S. The van der Waals surface area contributed by atoms with Crippen molar-refractivity contribution >= 4 is 34.1 Å². The Hall–Kier alpha value is -3.41. The lowest BCUT2D eigenvalue weighted by atomic mass is 10.2. The number of carbonyl (C=O) groups excluding carboxylic acids is 3. The van der Waals surface area contributed by atoms with Crippen molar-refractivity contribution in [1.82, 2.24) is 5.32 Å². The maximum Gasteiger partial charge on any atom is 0.387 e. The summed E-state index contributed by atoms with van der Waals surface area (Å²) in [7, 11) is 0. The van der Waals surface area contributed by atoms with E-state index in [1.54, 1.807) is 0 Å². The Labute approximate surface area is 153 Å². The van der Waals surface area contributed by atoms with Crippen LogP contribution in [0.5, 0.6) is 5.75 Å². The van der Waals surface area contributed by atoms with Gasteiger partial charge in [0, 0.05) is 11.6 Å². The molecule has 0 aliphatic rings. The molecule has 2 rings (SSSR count). The number of hydrogen-bond acceptors (Lipinski definition) is 8. The van der Waals surface area contributed by atoms with E-state index in [4.69, 9.17) is 0 Å². The number of nitrogens with zero attached hydrogens (tertiary/aromatic N) is 1. The summed E-state index contributed by atoms with van der Waals surface area (Å²) in [5, 5.41) is 12.2. The molecule has 1 aromatic heterocycles. The Kier molecular flexibility index (Phi) is 6.49. The number of nitro groups is 1. The maximum atomic E-state index is 12.0. The van der Waals surface area contributed by atoms with Gasteiger partial charge >= 0.3 is 17.6 Å². The molecule has 0 bridgehead atoms. The van der Waals surface area contributed by atoms with E-state index in [-0.39, 0.29) is 21.2 Å². The Morgan fingerprint density at radius 2 is 1.81 bits per heavy atom. The molecule has 142 valence electrons. The van der Waals surface area contributed by atoms with Crippen molar-refractivity contribution in [2.75, 3.05) is 6.61 Å². The fourth-order valence-electron chi connectivity index (χ4n) is 1.76. The lowest BCUT2D eigenvalue weighted by Gasteiger charge is -2.07. The predicted octanol–water partition coefficient (Wildman–Crippen LogP) is 2.37. The quantitative estimate of drug-likeness (QED) is 0.430. The Morgan fingerprint density at radius 3 is 2.37 bits per heavy atom. The molecule has 0 unspecified atom stereocenters. The van der Waals surface area contributed by atoms with Gasteiger partial charge in [0.05, 0.1) is 4.92 Å². The van der Waals surface area contributed by atoms with E-state index in [0.29, 0.717) is 11.3 Å². The van der Waals surface area contributed by atoms with E-state index in [1.807, 2.05) is 5.32 Å². The first-order valence-corrected chi connectivity index (χ1v) is 7.88. The zero-order chi connectivity index (χ0) is 20.0. The van der Waals surface area contributed by atoms with Crippen LogP contribution in [0.4, 0.5) is 13.8 Å². The zero-order valence-electron chi connectivity index (χ0n) is 13.2. The van der Waals surface area contributed by atoms with E-state index < -0.39 is 35.9 Å². The molecule has 0 radical (unpaired) electrons. The van der Waals surface area contributed by atoms with Crippen molar-refractivity contribution in [2.45, 2.75) is 6.61 Å². The summed E-state index contributed by atoms with van der Waals surface area (Å²) in [5.41, 5.74) is -0.00910. The zero-order valence-corrected chi connectivity index (χ0v) is 14.0. The third-order valence-electron chi connectivity index (χ3n) is 2.90. The third kappa shape index (κ3) is 5.81. The summed E-state index contributed by atoms with van der Waals surface area (Å²) in [4.78, 5) is 45.0. The van der Waals surface area contributed by atoms with Crippen molar-refractivity contribution in [3.63, 3.8) is 0 Å². The molecular weight excluding hydrogens is 390 g/mol. The van der Waals surface area contributed by atoms with Crippen molar-refractivity contribution in [2.24, 2.45) is 0 Å². The highest BCUT2D eigenvalue weighted by Crippen LogP contribution is 2.24. The van der Waals surface area contributed by atoms with Crippen LogP contribution in [-0.4, -0.2) is 35.9 Å². The monoisotopic (exact) mass is 400 g/mol. The molecule has 0 saturated carbocycles. The number of benzene rings is 1. The van der Waals surface area contributed by atoms with Gasteiger partial charge in [-0.05, 0) is 30.3 Å². The number of nitrogens with one attached hydrogen (secondary N) is 1. The molecule has 27 heavy (non-hydrogen) atoms. The van der Waals surface area contributed by atoms with Crippen LogP contribution in [0, 0.1) is 10.1 Å². The molecule has 0 fully saturated rings. The summed E-state index contributed by atoms with van der Waals surface area (Å²) >= 11 is 0.579. The van der Waals surface area contributed by atoms with Gasteiger partial charge in [-0.25, -0.2) is 4.79 Å². The number of carbonyl (C=O) groups is 3. The van der Waals surface area contributed by atoms with E-state index in [9.17, 15) is 33.3 Å². The molecule has 1 N–H and O–H groups in total. The normalized spacial score (nSPS) is 10.3. The van der Waals surface area contributed by atoms with Crippen molar-refractivity contribution < 1.29 is 37.6 Å². The molecule has 0 aliphatic carbocycles. The predicted molar refractivity (Wildman–Crippen MR) is 86.8 cm³/mol. The number of hydrogen-bond donors (Lipinski definition) is 1. The minimum atomic E-state index is -3.01. The van der Waals surface area contributed by atoms with Crippen LogP contribution in [0.2, 0.25) is 0 Å².